The van der Waals surface area contributed by atoms with Crippen LogP contribution in [0.25, 0.3) is 0 Å². The lowest BCUT2D eigenvalue weighted by Gasteiger charge is -2.11. The van der Waals surface area contributed by atoms with Crippen LogP contribution in [-0.4, -0.2) is 60.9 Å². The highest BCUT2D eigenvalue weighted by atomic mass is 16.3. The van der Waals surface area contributed by atoms with Gasteiger partial charge < -0.3 is 20.4 Å². The van der Waals surface area contributed by atoms with Gasteiger partial charge in [-0.1, -0.05) is 0 Å². The van der Waals surface area contributed by atoms with Crippen LogP contribution in [0.2, 0.25) is 0 Å². The number of nitrogens with zero attached hydrogens (tertiary/aromatic N) is 1. The van der Waals surface area contributed by atoms with E-state index < -0.39 is 6.10 Å². The van der Waals surface area contributed by atoms with Crippen molar-refractivity contribution in [2.75, 3.05) is 33.8 Å². The van der Waals surface area contributed by atoms with Crippen LogP contribution < -0.4 is 5.32 Å². The third-order valence-corrected chi connectivity index (χ3v) is 1.21. The molecule has 72 valence electrons. The van der Waals surface area contributed by atoms with Gasteiger partial charge in [-0.05, 0) is 14.1 Å². The summed E-state index contributed by atoms with van der Waals surface area (Å²) in [5.41, 5.74) is 0. The normalized spacial score (nSPS) is 13.1. The van der Waals surface area contributed by atoms with E-state index in [2.05, 4.69) is 5.32 Å². The van der Waals surface area contributed by atoms with Crippen molar-refractivity contribution in [3.05, 3.63) is 0 Å². The van der Waals surface area contributed by atoms with Crippen LogP contribution in [0.15, 0.2) is 0 Å². The monoisotopic (exact) mass is 176 g/mol. The van der Waals surface area contributed by atoms with Gasteiger partial charge in [0.2, 0.25) is 5.91 Å². The Morgan fingerprint density at radius 1 is 1.58 bits per heavy atom. The van der Waals surface area contributed by atoms with E-state index in [1.165, 1.54) is 0 Å². The minimum absolute atomic E-state index is 0.100. The number of aliphatic hydroxyl groups excluding tert-OH is 2. The van der Waals surface area contributed by atoms with Crippen molar-refractivity contribution in [2.24, 2.45) is 0 Å². The second-order valence-corrected chi connectivity index (χ2v) is 2.88. The van der Waals surface area contributed by atoms with Crippen molar-refractivity contribution < 1.29 is 15.0 Å². The largest absolute Gasteiger partial charge is 0.394 e. The highest BCUT2D eigenvalue weighted by Gasteiger charge is 2.05. The van der Waals surface area contributed by atoms with E-state index in [-0.39, 0.29) is 25.6 Å². The molecule has 1 atom stereocenters. The van der Waals surface area contributed by atoms with Gasteiger partial charge >= 0.3 is 0 Å². The molecule has 0 aliphatic carbocycles. The van der Waals surface area contributed by atoms with E-state index >= 15 is 0 Å². The highest BCUT2D eigenvalue weighted by Crippen LogP contribution is 1.78. The number of carbonyl (C=O) groups is 1. The average Bonchev–Trinajstić information content (AvgIpc) is 1.99. The number of likely N-dealkylation sites (N-methyl/N-ethyl adjacent to an activating group) is 1. The summed E-state index contributed by atoms with van der Waals surface area (Å²) in [5.74, 6) is -0.160. The van der Waals surface area contributed by atoms with Crippen LogP contribution >= 0.6 is 0 Å². The molecule has 0 aromatic heterocycles. The molecule has 5 heteroatoms. The van der Waals surface area contributed by atoms with Crippen molar-refractivity contribution >= 4 is 5.91 Å². The van der Waals surface area contributed by atoms with Gasteiger partial charge in [0.1, 0.15) is 0 Å². The molecule has 12 heavy (non-hydrogen) atoms. The maximum atomic E-state index is 10.9. The first kappa shape index (κ1) is 11.4. The van der Waals surface area contributed by atoms with Crippen LogP contribution in [-0.2, 0) is 4.79 Å². The number of nitrogens with one attached hydrogen (secondary N) is 1. The van der Waals surface area contributed by atoms with Gasteiger partial charge in [-0.25, -0.2) is 0 Å². The van der Waals surface area contributed by atoms with Crippen molar-refractivity contribution in [1.29, 1.82) is 0 Å². The molecule has 0 aliphatic rings. The number of carbonyl (C=O) groups excluding carboxylic acids is 1. The van der Waals surface area contributed by atoms with Crippen LogP contribution in [0.4, 0.5) is 0 Å². The third-order valence-electron chi connectivity index (χ3n) is 1.21. The van der Waals surface area contributed by atoms with E-state index in [1.54, 1.807) is 19.0 Å². The van der Waals surface area contributed by atoms with Gasteiger partial charge in [0.05, 0.1) is 19.3 Å². The fourth-order valence-corrected chi connectivity index (χ4v) is 0.639. The summed E-state index contributed by atoms with van der Waals surface area (Å²) in [6.07, 6.45) is -0.865. The van der Waals surface area contributed by atoms with Gasteiger partial charge in [-0.2, -0.15) is 0 Å². The predicted octanol–water partition coefficient (Wildman–Crippen LogP) is -1.98. The van der Waals surface area contributed by atoms with Gasteiger partial charge in [0, 0.05) is 6.54 Å². The second kappa shape index (κ2) is 5.93. The van der Waals surface area contributed by atoms with Gasteiger partial charge in [0.25, 0.3) is 0 Å². The topological polar surface area (TPSA) is 72.8 Å². The molecule has 0 aliphatic heterocycles. The zero-order valence-electron chi connectivity index (χ0n) is 7.45. The quantitative estimate of drug-likeness (QED) is 0.454. The Morgan fingerprint density at radius 3 is 2.58 bits per heavy atom. The summed E-state index contributed by atoms with van der Waals surface area (Å²) in [4.78, 5) is 12.7. The number of rotatable bonds is 5. The fraction of sp³-hybridized carbons (Fsp3) is 0.857. The van der Waals surface area contributed by atoms with Gasteiger partial charge in [0.15, 0.2) is 0 Å². The average molecular weight is 176 g/mol. The lowest BCUT2D eigenvalue weighted by molar-refractivity contribution is -0.122. The number of hydrogen-bond acceptors (Lipinski definition) is 4. The smallest absolute Gasteiger partial charge is 0.234 e. The Labute approximate surface area is 72.0 Å². The van der Waals surface area contributed by atoms with Crippen LogP contribution in [0.1, 0.15) is 0 Å². The minimum atomic E-state index is -0.865. The minimum Gasteiger partial charge on any atom is -0.394 e. The molecule has 3 N–H and O–H groups in total. The molecule has 0 saturated heterocycles. The van der Waals surface area contributed by atoms with Gasteiger partial charge in [-0.15, -0.1) is 0 Å². The molecule has 0 rings (SSSR count). The molecule has 0 bridgehead atoms. The van der Waals surface area contributed by atoms with Crippen LogP contribution in [0.5, 0.6) is 0 Å². The summed E-state index contributed by atoms with van der Waals surface area (Å²) in [6, 6.07) is 0. The van der Waals surface area contributed by atoms with Crippen LogP contribution in [0.3, 0.4) is 0 Å². The first-order chi connectivity index (χ1) is 5.56. The van der Waals surface area contributed by atoms with Crippen molar-refractivity contribution in [1.82, 2.24) is 10.2 Å². The van der Waals surface area contributed by atoms with E-state index in [0.717, 1.165) is 0 Å². The summed E-state index contributed by atoms with van der Waals surface area (Å²) < 4.78 is 0. The Kier molecular flexibility index (Phi) is 5.61. The SMILES string of the molecule is CN(C)CC(=O)NC[C@@H](O)CO. The van der Waals surface area contributed by atoms with E-state index in [1.807, 2.05) is 0 Å². The molecule has 0 saturated carbocycles. The van der Waals surface area contributed by atoms with Crippen LogP contribution in [0, 0.1) is 0 Å². The van der Waals surface area contributed by atoms with E-state index in [0.29, 0.717) is 0 Å². The van der Waals surface area contributed by atoms with Crippen molar-refractivity contribution in [2.45, 2.75) is 6.10 Å². The summed E-state index contributed by atoms with van der Waals surface area (Å²) in [7, 11) is 3.56. The standard InChI is InChI=1S/C7H16N2O3/c1-9(2)4-7(12)8-3-6(11)5-10/h6,10-11H,3-5H2,1-2H3,(H,8,12)/t6-/m1/s1. The highest BCUT2D eigenvalue weighted by molar-refractivity contribution is 5.77. The molecule has 0 aromatic rings. The second-order valence-electron chi connectivity index (χ2n) is 2.88. The maximum Gasteiger partial charge on any atom is 0.234 e. The lowest BCUT2D eigenvalue weighted by atomic mass is 10.4. The number of hydrogen-bond donors (Lipinski definition) is 3. The molecule has 0 spiro atoms. The zero-order chi connectivity index (χ0) is 9.56. The molecular formula is C7H16N2O3. The molecule has 0 heterocycles. The van der Waals surface area contributed by atoms with Crippen molar-refractivity contribution in [3.63, 3.8) is 0 Å². The number of amides is 1. The zero-order valence-corrected chi connectivity index (χ0v) is 7.45. The van der Waals surface area contributed by atoms with Gasteiger partial charge in [-0.3, -0.25) is 4.79 Å². The van der Waals surface area contributed by atoms with E-state index in [9.17, 15) is 4.79 Å². The summed E-state index contributed by atoms with van der Waals surface area (Å²) in [6.45, 7) is 0.0591. The Bertz CT molecular complexity index is 139. The Hall–Kier alpha value is -0.650. The predicted molar refractivity (Wildman–Crippen MR) is 44.7 cm³/mol. The molecule has 0 fully saturated rings. The maximum absolute atomic E-state index is 10.9. The first-order valence-electron chi connectivity index (χ1n) is 3.76. The molecule has 0 unspecified atom stereocenters. The molecule has 5 nitrogen and oxygen atoms in total. The Morgan fingerprint density at radius 2 is 2.17 bits per heavy atom. The lowest BCUT2D eigenvalue weighted by Crippen LogP contribution is -2.38. The molecular weight excluding hydrogens is 160 g/mol. The first-order valence-corrected chi connectivity index (χ1v) is 3.76. The summed E-state index contributed by atoms with van der Waals surface area (Å²) in [5, 5.41) is 19.8. The van der Waals surface area contributed by atoms with Crippen molar-refractivity contribution in [3.8, 4) is 0 Å². The molecule has 0 aromatic carbocycles. The fourth-order valence-electron chi connectivity index (χ4n) is 0.639. The number of aliphatic hydroxyl groups is 2. The van der Waals surface area contributed by atoms with E-state index in [4.69, 9.17) is 10.2 Å². The Balaban J connectivity index is 3.44. The summed E-state index contributed by atoms with van der Waals surface area (Å²) >= 11 is 0. The molecule has 1 amide bonds. The molecule has 0 radical (unpaired) electrons. The third kappa shape index (κ3) is 6.09.